The SMILES string of the molecule is COC(=O)c1ncn(Cc2ncc[nH]2)c1N. The molecule has 0 bridgehead atoms. The molecule has 0 radical (unpaired) electrons. The molecule has 84 valence electrons. The van der Waals surface area contributed by atoms with Crippen LogP contribution in [-0.4, -0.2) is 32.6 Å². The Bertz CT molecular complexity index is 488. The Morgan fingerprint density at radius 1 is 1.62 bits per heavy atom. The van der Waals surface area contributed by atoms with Gasteiger partial charge in [-0.1, -0.05) is 0 Å². The van der Waals surface area contributed by atoms with E-state index in [0.717, 1.165) is 5.82 Å². The number of nitrogens with two attached hydrogens (primary N) is 1. The quantitative estimate of drug-likeness (QED) is 0.712. The number of hydrogen-bond donors (Lipinski definition) is 2. The predicted octanol–water partition coefficient (Wildman–Crippen LogP) is 0.0233. The van der Waals surface area contributed by atoms with Crippen LogP contribution in [0.2, 0.25) is 0 Å². The molecular weight excluding hydrogens is 210 g/mol. The Labute approximate surface area is 91.3 Å². The zero-order chi connectivity index (χ0) is 11.5. The maximum absolute atomic E-state index is 11.2. The van der Waals surface area contributed by atoms with E-state index in [1.807, 2.05) is 0 Å². The highest BCUT2D eigenvalue weighted by Gasteiger charge is 2.16. The monoisotopic (exact) mass is 221 g/mol. The van der Waals surface area contributed by atoms with Gasteiger partial charge in [0.15, 0.2) is 5.69 Å². The summed E-state index contributed by atoms with van der Waals surface area (Å²) in [6, 6.07) is 0. The van der Waals surface area contributed by atoms with Crippen LogP contribution in [0.25, 0.3) is 0 Å². The number of nitrogen functional groups attached to an aromatic ring is 1. The summed E-state index contributed by atoms with van der Waals surface area (Å²) in [6.07, 6.45) is 4.83. The van der Waals surface area contributed by atoms with E-state index in [1.54, 1.807) is 17.0 Å². The molecular formula is C9H11N5O2. The molecule has 0 saturated carbocycles. The number of H-pyrrole nitrogens is 1. The van der Waals surface area contributed by atoms with Gasteiger partial charge in [-0.3, -0.25) is 0 Å². The second-order valence-electron chi connectivity index (χ2n) is 3.13. The maximum atomic E-state index is 11.2. The highest BCUT2D eigenvalue weighted by molar-refractivity contribution is 5.92. The van der Waals surface area contributed by atoms with E-state index in [1.165, 1.54) is 13.4 Å². The highest BCUT2D eigenvalue weighted by Crippen LogP contribution is 2.12. The zero-order valence-electron chi connectivity index (χ0n) is 8.67. The van der Waals surface area contributed by atoms with Gasteiger partial charge in [0.05, 0.1) is 20.0 Å². The Morgan fingerprint density at radius 2 is 2.44 bits per heavy atom. The fourth-order valence-corrected chi connectivity index (χ4v) is 1.32. The van der Waals surface area contributed by atoms with E-state index in [4.69, 9.17) is 5.73 Å². The summed E-state index contributed by atoms with van der Waals surface area (Å²) in [6.45, 7) is 0.433. The van der Waals surface area contributed by atoms with Gasteiger partial charge in [-0.2, -0.15) is 0 Å². The molecule has 0 spiro atoms. The molecule has 0 fully saturated rings. The van der Waals surface area contributed by atoms with Gasteiger partial charge >= 0.3 is 5.97 Å². The van der Waals surface area contributed by atoms with Crippen LogP contribution >= 0.6 is 0 Å². The lowest BCUT2D eigenvalue weighted by molar-refractivity contribution is 0.0596. The van der Waals surface area contributed by atoms with Crippen LogP contribution in [0, 0.1) is 0 Å². The third kappa shape index (κ3) is 1.74. The van der Waals surface area contributed by atoms with Crippen molar-refractivity contribution in [2.75, 3.05) is 12.8 Å². The van der Waals surface area contributed by atoms with Gasteiger partial charge in [-0.05, 0) is 0 Å². The van der Waals surface area contributed by atoms with Gasteiger partial charge in [0.2, 0.25) is 0 Å². The molecule has 7 nitrogen and oxygen atoms in total. The lowest BCUT2D eigenvalue weighted by Crippen LogP contribution is -2.09. The topological polar surface area (TPSA) is 98.8 Å². The summed E-state index contributed by atoms with van der Waals surface area (Å²) in [5.74, 6) is 0.458. The van der Waals surface area contributed by atoms with E-state index in [9.17, 15) is 4.79 Å². The number of nitrogens with zero attached hydrogens (tertiary/aromatic N) is 3. The Balaban J connectivity index is 2.23. The lowest BCUT2D eigenvalue weighted by atomic mass is 10.4. The first-order valence-corrected chi connectivity index (χ1v) is 4.59. The number of imidazole rings is 2. The van der Waals surface area contributed by atoms with Crippen molar-refractivity contribution in [1.82, 2.24) is 19.5 Å². The molecule has 3 N–H and O–H groups in total. The molecule has 2 aromatic rings. The summed E-state index contributed by atoms with van der Waals surface area (Å²) >= 11 is 0. The van der Waals surface area contributed by atoms with Crippen LogP contribution in [0.5, 0.6) is 0 Å². The van der Waals surface area contributed by atoms with Crippen molar-refractivity contribution in [2.24, 2.45) is 0 Å². The van der Waals surface area contributed by atoms with Crippen molar-refractivity contribution >= 4 is 11.8 Å². The van der Waals surface area contributed by atoms with E-state index in [0.29, 0.717) is 6.54 Å². The van der Waals surface area contributed by atoms with Crippen LogP contribution < -0.4 is 5.73 Å². The molecule has 7 heteroatoms. The van der Waals surface area contributed by atoms with Gasteiger partial charge < -0.3 is 20.0 Å². The Hall–Kier alpha value is -2.31. The summed E-state index contributed by atoms with van der Waals surface area (Å²) in [4.78, 5) is 22.1. The van der Waals surface area contributed by atoms with Crippen LogP contribution in [-0.2, 0) is 11.3 Å². The zero-order valence-corrected chi connectivity index (χ0v) is 8.67. The minimum atomic E-state index is -0.546. The average Bonchev–Trinajstić information content (AvgIpc) is 2.90. The number of carbonyl (C=O) groups is 1. The number of aromatic nitrogens is 4. The van der Waals surface area contributed by atoms with Crippen molar-refractivity contribution in [3.8, 4) is 0 Å². The van der Waals surface area contributed by atoms with Gasteiger partial charge in [0.1, 0.15) is 11.6 Å². The summed E-state index contributed by atoms with van der Waals surface area (Å²) in [7, 11) is 1.29. The van der Waals surface area contributed by atoms with Crippen LogP contribution in [0.15, 0.2) is 18.7 Å². The first kappa shape index (κ1) is 10.2. The Morgan fingerprint density at radius 3 is 3.06 bits per heavy atom. The molecule has 2 rings (SSSR count). The van der Waals surface area contributed by atoms with Crippen molar-refractivity contribution in [2.45, 2.75) is 6.54 Å². The number of methoxy groups -OCH3 is 1. The van der Waals surface area contributed by atoms with Crippen molar-refractivity contribution in [3.63, 3.8) is 0 Å². The molecule has 2 heterocycles. The molecule has 0 aliphatic carbocycles. The molecule has 2 aromatic heterocycles. The smallest absolute Gasteiger partial charge is 0.360 e. The standard InChI is InChI=1S/C9H11N5O2/c1-16-9(15)7-8(10)14(5-13-7)4-6-11-2-3-12-6/h2-3,5H,4,10H2,1H3,(H,11,12). The van der Waals surface area contributed by atoms with Gasteiger partial charge in [-0.15, -0.1) is 0 Å². The van der Waals surface area contributed by atoms with Gasteiger partial charge in [-0.25, -0.2) is 14.8 Å². The highest BCUT2D eigenvalue weighted by atomic mass is 16.5. The number of aromatic amines is 1. The van der Waals surface area contributed by atoms with Gasteiger partial charge in [0, 0.05) is 12.4 Å². The minimum absolute atomic E-state index is 0.119. The van der Waals surface area contributed by atoms with Crippen LogP contribution in [0.1, 0.15) is 16.3 Å². The van der Waals surface area contributed by atoms with Crippen molar-refractivity contribution in [3.05, 3.63) is 30.2 Å². The van der Waals surface area contributed by atoms with Crippen molar-refractivity contribution in [1.29, 1.82) is 0 Å². The second-order valence-corrected chi connectivity index (χ2v) is 3.13. The van der Waals surface area contributed by atoms with E-state index in [2.05, 4.69) is 19.7 Å². The molecule has 0 aliphatic heterocycles. The van der Waals surface area contributed by atoms with Crippen LogP contribution in [0.3, 0.4) is 0 Å². The van der Waals surface area contributed by atoms with E-state index in [-0.39, 0.29) is 11.5 Å². The molecule has 0 saturated heterocycles. The number of hydrogen-bond acceptors (Lipinski definition) is 5. The molecule has 0 amide bonds. The number of carbonyl (C=O) groups excluding carboxylic acids is 1. The summed E-state index contributed by atoms with van der Waals surface area (Å²) in [5, 5.41) is 0. The second kappa shape index (κ2) is 4.05. The molecule has 0 aromatic carbocycles. The lowest BCUT2D eigenvalue weighted by Gasteiger charge is -2.02. The Kier molecular flexibility index (Phi) is 2.59. The first-order chi connectivity index (χ1) is 7.72. The number of anilines is 1. The molecule has 16 heavy (non-hydrogen) atoms. The minimum Gasteiger partial charge on any atom is -0.464 e. The van der Waals surface area contributed by atoms with Gasteiger partial charge in [0.25, 0.3) is 0 Å². The van der Waals surface area contributed by atoms with E-state index < -0.39 is 5.97 Å². The van der Waals surface area contributed by atoms with E-state index >= 15 is 0 Å². The predicted molar refractivity (Wildman–Crippen MR) is 55.7 cm³/mol. The molecule has 0 unspecified atom stereocenters. The summed E-state index contributed by atoms with van der Waals surface area (Å²) in [5.41, 5.74) is 5.87. The average molecular weight is 221 g/mol. The molecule has 0 aliphatic rings. The fourth-order valence-electron chi connectivity index (χ4n) is 1.32. The maximum Gasteiger partial charge on any atom is 0.360 e. The summed E-state index contributed by atoms with van der Waals surface area (Å²) < 4.78 is 6.16. The fraction of sp³-hybridized carbons (Fsp3) is 0.222. The van der Waals surface area contributed by atoms with Crippen LogP contribution in [0.4, 0.5) is 5.82 Å². The number of esters is 1. The first-order valence-electron chi connectivity index (χ1n) is 4.59. The third-order valence-electron chi connectivity index (χ3n) is 2.13. The number of rotatable bonds is 3. The third-order valence-corrected chi connectivity index (χ3v) is 2.13. The largest absolute Gasteiger partial charge is 0.464 e. The number of nitrogens with one attached hydrogen (secondary N) is 1. The number of ether oxygens (including phenoxy) is 1. The normalized spacial score (nSPS) is 10.3. The molecule has 0 atom stereocenters. The van der Waals surface area contributed by atoms with Crippen molar-refractivity contribution < 1.29 is 9.53 Å².